The summed E-state index contributed by atoms with van der Waals surface area (Å²) < 4.78 is 42.0. The molecular weight excluding hydrogens is 458 g/mol. The normalized spacial score (nSPS) is 16.7. The molecule has 1 aliphatic rings. The molecule has 1 aliphatic heterocycles. The van der Waals surface area contributed by atoms with Crippen molar-refractivity contribution < 1.29 is 17.9 Å². The van der Waals surface area contributed by atoms with Gasteiger partial charge in [0.05, 0.1) is 23.7 Å². The van der Waals surface area contributed by atoms with Gasteiger partial charge in [-0.3, -0.25) is 19.3 Å². The van der Waals surface area contributed by atoms with Gasteiger partial charge in [-0.15, -0.1) is 10.2 Å². The Morgan fingerprint density at radius 2 is 1.91 bits per heavy atom. The Balaban J connectivity index is 1.67. The van der Waals surface area contributed by atoms with Gasteiger partial charge in [0.1, 0.15) is 5.69 Å². The van der Waals surface area contributed by atoms with Crippen LogP contribution in [-0.4, -0.2) is 63.7 Å². The zero-order valence-corrected chi connectivity index (χ0v) is 20.5. The smallest absolute Gasteiger partial charge is 0.238 e. The molecule has 1 N–H and O–H groups in total. The zero-order chi connectivity index (χ0) is 24.3. The van der Waals surface area contributed by atoms with Crippen LogP contribution in [0.3, 0.4) is 0 Å². The fraction of sp³-hybridized carbons (Fsp3) is 0.500. The Morgan fingerprint density at radius 3 is 2.59 bits per heavy atom. The Kier molecular flexibility index (Phi) is 7.08. The van der Waals surface area contributed by atoms with Crippen molar-refractivity contribution in [1.82, 2.24) is 29.7 Å². The maximum atomic E-state index is 13.4. The lowest BCUT2D eigenvalue weighted by Gasteiger charge is -2.26. The fourth-order valence-corrected chi connectivity index (χ4v) is 5.10. The van der Waals surface area contributed by atoms with Crippen molar-refractivity contribution in [1.29, 1.82) is 0 Å². The lowest BCUT2D eigenvalue weighted by Crippen LogP contribution is -2.32. The van der Waals surface area contributed by atoms with Crippen LogP contribution in [-0.2, 0) is 14.8 Å². The highest BCUT2D eigenvalue weighted by Crippen LogP contribution is 2.32. The summed E-state index contributed by atoms with van der Waals surface area (Å²) >= 11 is 0. The van der Waals surface area contributed by atoms with Crippen LogP contribution < -0.4 is 9.46 Å². The first-order chi connectivity index (χ1) is 16.3. The van der Waals surface area contributed by atoms with E-state index < -0.39 is 15.3 Å². The monoisotopic (exact) mass is 487 g/mol. The van der Waals surface area contributed by atoms with E-state index in [1.54, 1.807) is 37.5 Å². The van der Waals surface area contributed by atoms with Crippen LogP contribution in [0.5, 0.6) is 5.88 Å². The summed E-state index contributed by atoms with van der Waals surface area (Å²) in [6.45, 7) is 6.44. The van der Waals surface area contributed by atoms with Crippen LogP contribution in [0.15, 0.2) is 30.6 Å². The van der Waals surface area contributed by atoms with Crippen molar-refractivity contribution in [3.63, 3.8) is 0 Å². The molecule has 3 aromatic heterocycles. The number of hydrogen-bond acceptors (Lipinski definition) is 9. The van der Waals surface area contributed by atoms with E-state index in [4.69, 9.17) is 9.47 Å². The molecule has 34 heavy (non-hydrogen) atoms. The van der Waals surface area contributed by atoms with Crippen LogP contribution >= 0.6 is 0 Å². The maximum absolute atomic E-state index is 13.4. The van der Waals surface area contributed by atoms with E-state index in [9.17, 15) is 8.42 Å². The molecule has 0 aromatic carbocycles. The molecule has 12 heteroatoms. The van der Waals surface area contributed by atoms with Crippen molar-refractivity contribution in [2.24, 2.45) is 0 Å². The third kappa shape index (κ3) is 5.02. The Labute approximate surface area is 199 Å². The van der Waals surface area contributed by atoms with E-state index in [2.05, 4.69) is 29.9 Å². The second-order valence-electron chi connectivity index (χ2n) is 8.35. The molecule has 1 fully saturated rings. The number of nitrogens with one attached hydrogen (secondary N) is 1. The molecule has 182 valence electrons. The number of hydrogen-bond donors (Lipinski definition) is 1. The number of anilines is 1. The number of sulfonamides is 1. The molecule has 0 unspecified atom stereocenters. The number of aryl methyl sites for hydroxylation is 1. The van der Waals surface area contributed by atoms with E-state index in [-0.39, 0.29) is 17.9 Å². The summed E-state index contributed by atoms with van der Waals surface area (Å²) in [6.07, 6.45) is 4.65. The Morgan fingerprint density at radius 1 is 1.15 bits per heavy atom. The topological polar surface area (TPSA) is 134 Å². The largest absolute Gasteiger partial charge is 0.481 e. The third-order valence-electron chi connectivity index (χ3n) is 6.11. The highest BCUT2D eigenvalue weighted by Gasteiger charge is 2.32. The van der Waals surface area contributed by atoms with Gasteiger partial charge in [-0.05, 0) is 32.8 Å². The molecule has 0 saturated carbocycles. The van der Waals surface area contributed by atoms with Gasteiger partial charge in [0.2, 0.25) is 21.9 Å². The average Bonchev–Trinajstić information content (AvgIpc) is 3.27. The molecule has 1 saturated heterocycles. The predicted molar refractivity (Wildman–Crippen MR) is 126 cm³/mol. The molecule has 0 amide bonds. The van der Waals surface area contributed by atoms with Gasteiger partial charge in [-0.25, -0.2) is 13.4 Å². The first-order valence-electron chi connectivity index (χ1n) is 11.1. The molecule has 0 aliphatic carbocycles. The summed E-state index contributed by atoms with van der Waals surface area (Å²) in [5.41, 5.74) is 1.92. The first-order valence-corrected chi connectivity index (χ1v) is 12.7. The van der Waals surface area contributed by atoms with E-state index >= 15 is 0 Å². The minimum Gasteiger partial charge on any atom is -0.481 e. The molecule has 4 heterocycles. The van der Waals surface area contributed by atoms with Crippen molar-refractivity contribution in [3.05, 3.63) is 42.0 Å². The van der Waals surface area contributed by atoms with Crippen LogP contribution in [0, 0.1) is 6.92 Å². The second kappa shape index (κ2) is 10.0. The second-order valence-corrected chi connectivity index (χ2v) is 10.4. The number of aromatic nitrogens is 6. The number of rotatable bonds is 8. The van der Waals surface area contributed by atoms with Crippen LogP contribution in [0.4, 0.5) is 5.95 Å². The van der Waals surface area contributed by atoms with Crippen molar-refractivity contribution in [3.8, 4) is 17.4 Å². The van der Waals surface area contributed by atoms with Crippen molar-refractivity contribution in [2.75, 3.05) is 25.0 Å². The Bertz CT molecular complexity index is 1220. The number of ether oxygens (including phenoxy) is 2. The number of pyridine rings is 1. The van der Waals surface area contributed by atoms with Crippen LogP contribution in [0.1, 0.15) is 50.0 Å². The van der Waals surface area contributed by atoms with E-state index in [0.29, 0.717) is 49.1 Å². The van der Waals surface area contributed by atoms with Gasteiger partial charge >= 0.3 is 0 Å². The zero-order valence-electron chi connectivity index (χ0n) is 19.7. The van der Waals surface area contributed by atoms with Gasteiger partial charge in [0, 0.05) is 43.6 Å². The van der Waals surface area contributed by atoms with Crippen molar-refractivity contribution in [2.45, 2.75) is 50.8 Å². The van der Waals surface area contributed by atoms with Gasteiger partial charge < -0.3 is 9.47 Å². The molecular formula is C22H29N7O4S. The fourth-order valence-electron chi connectivity index (χ4n) is 3.84. The highest BCUT2D eigenvalue weighted by molar-refractivity contribution is 7.93. The third-order valence-corrected chi connectivity index (χ3v) is 7.96. The number of nitrogens with zero attached hydrogens (tertiary/aromatic N) is 6. The van der Waals surface area contributed by atoms with Gasteiger partial charge in [-0.1, -0.05) is 13.0 Å². The molecule has 3 aromatic rings. The standard InChI is InChI=1S/C22H29N7O4S/c1-14-12-24-19(13-23-14)15(2)16(3)34(30,31)28-22-27-26-21(18-6-5-7-20(25-18)32-4)29(22)17-8-10-33-11-9-17/h5-7,12-13,15-17H,8-11H2,1-4H3,(H,27,28)/t15-,16-/m0/s1. The molecule has 11 nitrogen and oxygen atoms in total. The predicted octanol–water partition coefficient (Wildman–Crippen LogP) is 2.73. The van der Waals surface area contributed by atoms with Crippen LogP contribution in [0.25, 0.3) is 11.5 Å². The van der Waals surface area contributed by atoms with Crippen LogP contribution in [0.2, 0.25) is 0 Å². The van der Waals surface area contributed by atoms with Gasteiger partial charge in [0.15, 0.2) is 5.82 Å². The van der Waals surface area contributed by atoms with Gasteiger partial charge in [-0.2, -0.15) is 0 Å². The lowest BCUT2D eigenvalue weighted by atomic mass is 10.1. The lowest BCUT2D eigenvalue weighted by molar-refractivity contribution is 0.0704. The van der Waals surface area contributed by atoms with Crippen molar-refractivity contribution >= 4 is 16.0 Å². The van der Waals surface area contributed by atoms with E-state index in [1.807, 2.05) is 18.4 Å². The molecule has 4 rings (SSSR count). The highest BCUT2D eigenvalue weighted by atomic mass is 32.2. The summed E-state index contributed by atoms with van der Waals surface area (Å²) in [5.74, 6) is 0.668. The molecule has 0 spiro atoms. The summed E-state index contributed by atoms with van der Waals surface area (Å²) in [7, 11) is -2.29. The average molecular weight is 488 g/mol. The summed E-state index contributed by atoms with van der Waals surface area (Å²) in [5, 5.41) is 7.72. The minimum atomic E-state index is -3.83. The SMILES string of the molecule is COc1cccc(-c2nnc(NS(=O)(=O)[C@@H](C)[C@H](C)c3cnc(C)cn3)n2C2CCOCC2)n1. The summed E-state index contributed by atoms with van der Waals surface area (Å²) in [6, 6.07) is 5.29. The van der Waals surface area contributed by atoms with Gasteiger partial charge in [0.25, 0.3) is 0 Å². The maximum Gasteiger partial charge on any atom is 0.238 e. The molecule has 0 bridgehead atoms. The van der Waals surface area contributed by atoms with E-state index in [0.717, 1.165) is 5.69 Å². The number of methoxy groups -OCH3 is 1. The molecule has 0 radical (unpaired) electrons. The van der Waals surface area contributed by atoms with E-state index in [1.165, 1.54) is 7.11 Å². The quantitative estimate of drug-likeness (QED) is 0.509. The molecule has 2 atom stereocenters. The first kappa shape index (κ1) is 24.0. The Hall–Kier alpha value is -3.12. The summed E-state index contributed by atoms with van der Waals surface area (Å²) in [4.78, 5) is 13.1. The minimum absolute atomic E-state index is 0.0415.